The number of likely N-dealkylation sites (tertiary alicyclic amines) is 1. The summed E-state index contributed by atoms with van der Waals surface area (Å²) in [4.78, 5) is 26.5. The number of para-hydroxylation sites is 2. The molecule has 0 spiro atoms. The van der Waals surface area contributed by atoms with Crippen LogP contribution in [0.2, 0.25) is 0 Å². The molecule has 2 rings (SSSR count). The highest BCUT2D eigenvalue weighted by Gasteiger charge is 2.36. The Morgan fingerprint density at radius 2 is 2.10 bits per heavy atom. The van der Waals surface area contributed by atoms with Crippen LogP contribution >= 0.6 is 0 Å². The number of carbonyl (C=O) groups is 2. The van der Waals surface area contributed by atoms with Gasteiger partial charge in [0.05, 0.1) is 12.8 Å². The van der Waals surface area contributed by atoms with E-state index < -0.39 is 12.0 Å². The first-order chi connectivity index (χ1) is 9.56. The third-order valence-electron chi connectivity index (χ3n) is 3.52. The lowest BCUT2D eigenvalue weighted by molar-refractivity contribution is -0.141. The molecule has 1 atom stereocenters. The summed E-state index contributed by atoms with van der Waals surface area (Å²) >= 11 is 0. The molecule has 0 aromatic heterocycles. The van der Waals surface area contributed by atoms with Crippen LogP contribution in [0.15, 0.2) is 24.3 Å². The largest absolute Gasteiger partial charge is 0.495 e. The van der Waals surface area contributed by atoms with Gasteiger partial charge in [0.2, 0.25) is 0 Å². The minimum Gasteiger partial charge on any atom is -0.495 e. The van der Waals surface area contributed by atoms with Gasteiger partial charge in [0.1, 0.15) is 11.8 Å². The van der Waals surface area contributed by atoms with Crippen molar-refractivity contribution in [3.63, 3.8) is 0 Å². The summed E-state index contributed by atoms with van der Waals surface area (Å²) in [5.41, 5.74) is 0.621. The van der Waals surface area contributed by atoms with E-state index in [2.05, 4.69) is 0 Å². The number of rotatable bonds is 3. The van der Waals surface area contributed by atoms with Crippen molar-refractivity contribution in [1.29, 1.82) is 0 Å². The van der Waals surface area contributed by atoms with Crippen LogP contribution in [0.5, 0.6) is 5.75 Å². The van der Waals surface area contributed by atoms with Crippen molar-refractivity contribution in [1.82, 2.24) is 4.90 Å². The summed E-state index contributed by atoms with van der Waals surface area (Å²) in [5.74, 6) is -0.376. The number of nitrogens with zero attached hydrogens (tertiary/aromatic N) is 2. The number of ether oxygens (including phenoxy) is 1. The van der Waals surface area contributed by atoms with Crippen LogP contribution in [0, 0.1) is 0 Å². The van der Waals surface area contributed by atoms with Crippen molar-refractivity contribution in [3.05, 3.63) is 24.3 Å². The number of amides is 2. The summed E-state index contributed by atoms with van der Waals surface area (Å²) < 4.78 is 5.22. The van der Waals surface area contributed by atoms with Crippen molar-refractivity contribution in [2.45, 2.75) is 18.9 Å². The first kappa shape index (κ1) is 14.2. The highest BCUT2D eigenvalue weighted by Crippen LogP contribution is 2.29. The van der Waals surface area contributed by atoms with Crippen LogP contribution in [0.25, 0.3) is 0 Å². The molecule has 20 heavy (non-hydrogen) atoms. The van der Waals surface area contributed by atoms with Gasteiger partial charge in [0.25, 0.3) is 0 Å². The molecule has 1 N–H and O–H groups in total. The Kier molecular flexibility index (Phi) is 4.12. The standard InChI is InChI=1S/C14H18N2O4/c1-15(10-6-3-4-8-12(10)20-2)14(19)16-9-5-7-11(16)13(17)18/h3-4,6,8,11H,5,7,9H2,1-2H3,(H,17,18)/t11-/m0/s1. The average Bonchev–Trinajstić information content (AvgIpc) is 2.95. The van der Waals surface area contributed by atoms with Crippen LogP contribution in [0.1, 0.15) is 12.8 Å². The van der Waals surface area contributed by atoms with Crippen LogP contribution in [0.4, 0.5) is 10.5 Å². The smallest absolute Gasteiger partial charge is 0.326 e. The molecule has 108 valence electrons. The molecule has 1 saturated heterocycles. The first-order valence-electron chi connectivity index (χ1n) is 6.46. The number of carboxylic acid groups (broad SMARTS) is 1. The summed E-state index contributed by atoms with van der Waals surface area (Å²) in [6.45, 7) is 0.468. The predicted molar refractivity (Wildman–Crippen MR) is 74.2 cm³/mol. The molecule has 1 aromatic rings. The van der Waals surface area contributed by atoms with Gasteiger partial charge in [-0.3, -0.25) is 4.90 Å². The molecule has 1 aliphatic heterocycles. The minimum atomic E-state index is -0.954. The van der Waals surface area contributed by atoms with Gasteiger partial charge in [0.15, 0.2) is 0 Å². The zero-order chi connectivity index (χ0) is 14.7. The molecule has 0 aliphatic carbocycles. The summed E-state index contributed by atoms with van der Waals surface area (Å²) in [5, 5.41) is 9.15. The van der Waals surface area contributed by atoms with E-state index in [1.165, 1.54) is 16.9 Å². The maximum Gasteiger partial charge on any atom is 0.326 e. The molecular formula is C14H18N2O4. The Balaban J connectivity index is 2.22. The second-order valence-electron chi connectivity index (χ2n) is 4.70. The third kappa shape index (κ3) is 2.54. The molecule has 1 aliphatic rings. The maximum atomic E-state index is 12.5. The van der Waals surface area contributed by atoms with Crippen molar-refractivity contribution in [3.8, 4) is 5.75 Å². The number of hydrogen-bond donors (Lipinski definition) is 1. The second-order valence-corrected chi connectivity index (χ2v) is 4.70. The fourth-order valence-electron chi connectivity index (χ4n) is 2.45. The molecule has 0 saturated carbocycles. The van der Waals surface area contributed by atoms with Gasteiger partial charge in [-0.2, -0.15) is 0 Å². The van der Waals surface area contributed by atoms with Crippen LogP contribution in [-0.4, -0.2) is 48.8 Å². The van der Waals surface area contributed by atoms with E-state index in [4.69, 9.17) is 9.84 Å². The topological polar surface area (TPSA) is 70.1 Å². The highest BCUT2D eigenvalue weighted by atomic mass is 16.5. The lowest BCUT2D eigenvalue weighted by Gasteiger charge is -2.28. The Hall–Kier alpha value is -2.24. The van der Waals surface area contributed by atoms with E-state index in [1.807, 2.05) is 6.07 Å². The molecule has 1 heterocycles. The fraction of sp³-hybridized carbons (Fsp3) is 0.429. The SMILES string of the molecule is COc1ccccc1N(C)C(=O)N1CCC[C@H]1C(=O)O. The van der Waals surface area contributed by atoms with Crippen molar-refractivity contribution >= 4 is 17.7 Å². The Labute approximate surface area is 117 Å². The van der Waals surface area contributed by atoms with Crippen LogP contribution in [-0.2, 0) is 4.79 Å². The van der Waals surface area contributed by atoms with Gasteiger partial charge in [-0.25, -0.2) is 9.59 Å². The molecule has 1 fully saturated rings. The summed E-state index contributed by atoms with van der Waals surface area (Å²) in [6.07, 6.45) is 1.21. The molecule has 6 nitrogen and oxygen atoms in total. The van der Waals surface area contributed by atoms with E-state index in [1.54, 1.807) is 25.2 Å². The molecule has 1 aromatic carbocycles. The number of methoxy groups -OCH3 is 1. The molecular weight excluding hydrogens is 260 g/mol. The highest BCUT2D eigenvalue weighted by molar-refractivity contribution is 5.95. The maximum absolute atomic E-state index is 12.5. The summed E-state index contributed by atoms with van der Waals surface area (Å²) in [6, 6.07) is 6.09. The molecule has 2 amide bonds. The Morgan fingerprint density at radius 3 is 2.75 bits per heavy atom. The quantitative estimate of drug-likeness (QED) is 0.915. The van der Waals surface area contributed by atoms with E-state index in [0.29, 0.717) is 30.8 Å². The number of carbonyl (C=O) groups excluding carboxylic acids is 1. The van der Waals surface area contributed by atoms with Gasteiger partial charge >= 0.3 is 12.0 Å². The number of anilines is 1. The normalized spacial score (nSPS) is 17.9. The van der Waals surface area contributed by atoms with E-state index in [9.17, 15) is 9.59 Å². The molecule has 0 radical (unpaired) electrons. The Bertz CT molecular complexity index is 518. The monoisotopic (exact) mass is 278 g/mol. The van der Waals surface area contributed by atoms with E-state index in [0.717, 1.165) is 0 Å². The fourth-order valence-corrected chi connectivity index (χ4v) is 2.45. The number of benzene rings is 1. The van der Waals surface area contributed by atoms with Crippen molar-refractivity contribution in [2.75, 3.05) is 25.6 Å². The predicted octanol–water partition coefficient (Wildman–Crippen LogP) is 1.80. The summed E-state index contributed by atoms with van der Waals surface area (Å²) in [7, 11) is 3.16. The number of aliphatic carboxylic acids is 1. The second kappa shape index (κ2) is 5.81. The average molecular weight is 278 g/mol. The zero-order valence-corrected chi connectivity index (χ0v) is 11.6. The molecule has 6 heteroatoms. The van der Waals surface area contributed by atoms with Gasteiger partial charge in [-0.05, 0) is 25.0 Å². The third-order valence-corrected chi connectivity index (χ3v) is 3.52. The number of hydrogen-bond acceptors (Lipinski definition) is 3. The van der Waals surface area contributed by atoms with E-state index in [-0.39, 0.29) is 6.03 Å². The zero-order valence-electron chi connectivity index (χ0n) is 11.6. The van der Waals surface area contributed by atoms with Gasteiger partial charge < -0.3 is 14.7 Å². The van der Waals surface area contributed by atoms with Crippen molar-refractivity contribution in [2.24, 2.45) is 0 Å². The van der Waals surface area contributed by atoms with E-state index >= 15 is 0 Å². The minimum absolute atomic E-state index is 0.320. The Morgan fingerprint density at radius 1 is 1.40 bits per heavy atom. The van der Waals surface area contributed by atoms with Crippen LogP contribution < -0.4 is 9.64 Å². The molecule has 0 bridgehead atoms. The number of urea groups is 1. The lowest BCUT2D eigenvalue weighted by Crippen LogP contribution is -2.46. The van der Waals surface area contributed by atoms with Gasteiger partial charge in [-0.15, -0.1) is 0 Å². The molecule has 0 unspecified atom stereocenters. The van der Waals surface area contributed by atoms with Gasteiger partial charge in [-0.1, -0.05) is 12.1 Å². The van der Waals surface area contributed by atoms with Crippen molar-refractivity contribution < 1.29 is 19.4 Å². The lowest BCUT2D eigenvalue weighted by atomic mass is 10.2. The first-order valence-corrected chi connectivity index (χ1v) is 6.46. The van der Waals surface area contributed by atoms with Crippen LogP contribution in [0.3, 0.4) is 0 Å². The number of carboxylic acids is 1. The van der Waals surface area contributed by atoms with Gasteiger partial charge in [0, 0.05) is 13.6 Å².